The largest absolute Gasteiger partial charge is 0.314 e. The Balaban J connectivity index is 1.81. The van der Waals surface area contributed by atoms with Crippen LogP contribution in [0.3, 0.4) is 0 Å². The maximum absolute atomic E-state index is 3.76. The first-order valence-corrected chi connectivity index (χ1v) is 7.51. The van der Waals surface area contributed by atoms with E-state index in [1.165, 1.54) is 38.5 Å². The van der Waals surface area contributed by atoms with Gasteiger partial charge in [-0.25, -0.2) is 0 Å². The second kappa shape index (κ2) is 5.53. The van der Waals surface area contributed by atoms with Crippen molar-refractivity contribution in [3.8, 4) is 0 Å². The highest BCUT2D eigenvalue weighted by atomic mass is 14.9. The Bertz CT molecular complexity index is 203. The number of nitrogens with one attached hydrogen (secondary N) is 1. The van der Waals surface area contributed by atoms with Gasteiger partial charge in [0.15, 0.2) is 0 Å². The van der Waals surface area contributed by atoms with E-state index in [-0.39, 0.29) is 0 Å². The van der Waals surface area contributed by atoms with E-state index >= 15 is 0 Å². The minimum atomic E-state index is 0.835. The van der Waals surface area contributed by atoms with E-state index in [4.69, 9.17) is 0 Å². The molecule has 2 aliphatic carbocycles. The van der Waals surface area contributed by atoms with Crippen LogP contribution in [-0.2, 0) is 0 Å². The van der Waals surface area contributed by atoms with E-state index in [2.05, 4.69) is 26.1 Å². The number of hydrogen-bond acceptors (Lipinski definition) is 1. The molecule has 94 valence electrons. The van der Waals surface area contributed by atoms with Crippen molar-refractivity contribution < 1.29 is 0 Å². The molecular weight excluding hydrogens is 194 g/mol. The second-order valence-electron chi connectivity index (χ2n) is 6.13. The Kier molecular flexibility index (Phi) is 4.29. The lowest BCUT2D eigenvalue weighted by atomic mass is 9.92. The van der Waals surface area contributed by atoms with Gasteiger partial charge in [0.05, 0.1) is 0 Å². The van der Waals surface area contributed by atoms with Crippen molar-refractivity contribution in [3.63, 3.8) is 0 Å². The third kappa shape index (κ3) is 2.61. The SMILES string of the molecule is CCCC(C)CC(NCC)C1C2CCCC21. The van der Waals surface area contributed by atoms with Crippen molar-refractivity contribution in [2.45, 2.75) is 65.3 Å². The van der Waals surface area contributed by atoms with Gasteiger partial charge >= 0.3 is 0 Å². The van der Waals surface area contributed by atoms with Gasteiger partial charge in [0.25, 0.3) is 0 Å². The third-order valence-corrected chi connectivity index (χ3v) is 4.84. The summed E-state index contributed by atoms with van der Waals surface area (Å²) in [5.41, 5.74) is 0. The molecule has 2 rings (SSSR count). The summed E-state index contributed by atoms with van der Waals surface area (Å²) in [4.78, 5) is 0. The molecular formula is C15H29N. The summed E-state index contributed by atoms with van der Waals surface area (Å²) in [5.74, 6) is 4.18. The fraction of sp³-hybridized carbons (Fsp3) is 1.00. The zero-order valence-electron chi connectivity index (χ0n) is 11.3. The van der Waals surface area contributed by atoms with Crippen molar-refractivity contribution in [1.29, 1.82) is 0 Å². The van der Waals surface area contributed by atoms with Crippen LogP contribution in [0.15, 0.2) is 0 Å². The van der Waals surface area contributed by atoms with Gasteiger partial charge in [-0.05, 0) is 49.5 Å². The highest BCUT2D eigenvalue weighted by Gasteiger charge is 2.55. The normalized spacial score (nSPS) is 35.8. The van der Waals surface area contributed by atoms with Gasteiger partial charge in [0, 0.05) is 6.04 Å². The van der Waals surface area contributed by atoms with Crippen LogP contribution in [0.4, 0.5) is 0 Å². The smallest absolute Gasteiger partial charge is 0.0103 e. The zero-order valence-corrected chi connectivity index (χ0v) is 11.3. The summed E-state index contributed by atoms with van der Waals surface area (Å²) >= 11 is 0. The first-order chi connectivity index (χ1) is 7.77. The Morgan fingerprint density at radius 2 is 1.88 bits per heavy atom. The van der Waals surface area contributed by atoms with Gasteiger partial charge in [0.1, 0.15) is 0 Å². The molecule has 1 heteroatoms. The minimum absolute atomic E-state index is 0.835. The lowest BCUT2D eigenvalue weighted by Crippen LogP contribution is -2.34. The molecule has 1 nitrogen and oxygen atoms in total. The van der Waals surface area contributed by atoms with E-state index in [1.54, 1.807) is 0 Å². The molecule has 4 atom stereocenters. The molecule has 2 saturated carbocycles. The van der Waals surface area contributed by atoms with E-state index in [0.717, 1.165) is 36.3 Å². The minimum Gasteiger partial charge on any atom is -0.314 e. The van der Waals surface area contributed by atoms with Crippen LogP contribution in [0, 0.1) is 23.7 Å². The van der Waals surface area contributed by atoms with Gasteiger partial charge in [-0.3, -0.25) is 0 Å². The molecule has 0 amide bonds. The standard InChI is InChI=1S/C15H29N/c1-4-7-11(3)10-14(16-5-2)15-12-8-6-9-13(12)15/h11-16H,4-10H2,1-3H3. The molecule has 0 saturated heterocycles. The van der Waals surface area contributed by atoms with Crippen molar-refractivity contribution in [3.05, 3.63) is 0 Å². The van der Waals surface area contributed by atoms with Crippen LogP contribution < -0.4 is 5.32 Å². The zero-order chi connectivity index (χ0) is 11.5. The van der Waals surface area contributed by atoms with E-state index in [0.29, 0.717) is 0 Å². The monoisotopic (exact) mass is 223 g/mol. The molecule has 1 N–H and O–H groups in total. The number of fused-ring (bicyclic) bond motifs is 1. The molecule has 0 aromatic heterocycles. The summed E-state index contributed by atoms with van der Waals surface area (Å²) in [6.07, 6.45) is 8.73. The number of rotatable bonds is 7. The van der Waals surface area contributed by atoms with E-state index in [1.807, 2.05) is 0 Å². The number of hydrogen-bond donors (Lipinski definition) is 1. The average molecular weight is 223 g/mol. The van der Waals surface area contributed by atoms with Gasteiger partial charge in [-0.1, -0.05) is 40.0 Å². The summed E-state index contributed by atoms with van der Waals surface area (Å²) in [7, 11) is 0. The highest BCUT2D eigenvalue weighted by molar-refractivity contribution is 5.06. The summed E-state index contributed by atoms with van der Waals surface area (Å²) in [6.45, 7) is 8.16. The van der Waals surface area contributed by atoms with Gasteiger partial charge in [-0.2, -0.15) is 0 Å². The van der Waals surface area contributed by atoms with Crippen LogP contribution in [0.1, 0.15) is 59.3 Å². The fourth-order valence-corrected chi connectivity index (χ4v) is 4.16. The van der Waals surface area contributed by atoms with Crippen LogP contribution in [-0.4, -0.2) is 12.6 Å². The van der Waals surface area contributed by atoms with E-state index in [9.17, 15) is 0 Å². The highest BCUT2D eigenvalue weighted by Crippen LogP contribution is 2.59. The average Bonchev–Trinajstić information content (AvgIpc) is 2.71. The molecule has 4 unspecified atom stereocenters. The third-order valence-electron chi connectivity index (χ3n) is 4.84. The van der Waals surface area contributed by atoms with Gasteiger partial charge < -0.3 is 5.32 Å². The first kappa shape index (κ1) is 12.4. The van der Waals surface area contributed by atoms with Crippen molar-refractivity contribution in [2.75, 3.05) is 6.54 Å². The van der Waals surface area contributed by atoms with Gasteiger partial charge in [-0.15, -0.1) is 0 Å². The van der Waals surface area contributed by atoms with Crippen molar-refractivity contribution in [2.24, 2.45) is 23.7 Å². The van der Waals surface area contributed by atoms with Crippen LogP contribution in [0.25, 0.3) is 0 Å². The molecule has 0 aliphatic heterocycles. The van der Waals surface area contributed by atoms with Crippen molar-refractivity contribution in [1.82, 2.24) is 5.32 Å². The molecule has 0 heterocycles. The van der Waals surface area contributed by atoms with Gasteiger partial charge in [0.2, 0.25) is 0 Å². The Labute approximate surface area is 101 Å². The lowest BCUT2D eigenvalue weighted by Gasteiger charge is -2.23. The molecule has 2 fully saturated rings. The summed E-state index contributed by atoms with van der Waals surface area (Å²) < 4.78 is 0. The molecule has 16 heavy (non-hydrogen) atoms. The van der Waals surface area contributed by atoms with Crippen LogP contribution in [0.2, 0.25) is 0 Å². The van der Waals surface area contributed by atoms with E-state index < -0.39 is 0 Å². The molecule has 2 aliphatic rings. The summed E-state index contributed by atoms with van der Waals surface area (Å²) in [5, 5.41) is 3.76. The maximum Gasteiger partial charge on any atom is 0.0103 e. The molecule has 0 spiro atoms. The topological polar surface area (TPSA) is 12.0 Å². The quantitative estimate of drug-likeness (QED) is 0.691. The Hall–Kier alpha value is -0.0400. The van der Waals surface area contributed by atoms with Crippen LogP contribution in [0.5, 0.6) is 0 Å². The Morgan fingerprint density at radius 1 is 1.19 bits per heavy atom. The lowest BCUT2D eigenvalue weighted by molar-refractivity contribution is 0.331. The molecule has 0 aromatic carbocycles. The predicted molar refractivity (Wildman–Crippen MR) is 70.5 cm³/mol. The fourth-order valence-electron chi connectivity index (χ4n) is 4.16. The second-order valence-corrected chi connectivity index (χ2v) is 6.13. The summed E-state index contributed by atoms with van der Waals surface area (Å²) in [6, 6.07) is 0.835. The maximum atomic E-state index is 3.76. The predicted octanol–water partition coefficient (Wildman–Crippen LogP) is 3.84. The molecule has 0 radical (unpaired) electrons. The molecule has 0 aromatic rings. The molecule has 0 bridgehead atoms. The first-order valence-electron chi connectivity index (χ1n) is 7.51. The Morgan fingerprint density at radius 3 is 2.44 bits per heavy atom. The van der Waals surface area contributed by atoms with Crippen molar-refractivity contribution >= 4 is 0 Å². The van der Waals surface area contributed by atoms with Crippen LogP contribution >= 0.6 is 0 Å².